The molecule has 0 unspecified atom stereocenters. The van der Waals surface area contributed by atoms with E-state index in [9.17, 15) is 4.79 Å². The summed E-state index contributed by atoms with van der Waals surface area (Å²) in [5, 5.41) is 2.49. The predicted octanol–water partition coefficient (Wildman–Crippen LogP) is 6.03. The third-order valence-electron chi connectivity index (χ3n) is 4.83. The van der Waals surface area contributed by atoms with Gasteiger partial charge in [-0.2, -0.15) is 0 Å². The third-order valence-corrected chi connectivity index (χ3v) is 4.83. The molecule has 0 heterocycles. The average molecular weight is 312 g/mol. The molecule has 0 saturated heterocycles. The van der Waals surface area contributed by atoms with Gasteiger partial charge >= 0.3 is 0 Å². The Balaban J connectivity index is 1.87. The molecular weight excluding hydrogens is 292 g/mol. The van der Waals surface area contributed by atoms with Crippen molar-refractivity contribution in [2.45, 2.75) is 25.7 Å². The lowest BCUT2D eigenvalue weighted by atomic mass is 9.89. The molecule has 3 aromatic rings. The second-order valence-electron chi connectivity index (χ2n) is 6.41. The van der Waals surface area contributed by atoms with Crippen LogP contribution in [-0.4, -0.2) is 5.78 Å². The molecule has 0 bridgehead atoms. The van der Waals surface area contributed by atoms with Crippen LogP contribution in [-0.2, 0) is 4.79 Å². The van der Waals surface area contributed by atoms with Crippen LogP contribution < -0.4 is 0 Å². The smallest absolute Gasteiger partial charge is 0.158 e. The van der Waals surface area contributed by atoms with Gasteiger partial charge in [-0.15, -0.1) is 0 Å². The number of benzene rings is 3. The van der Waals surface area contributed by atoms with Crippen molar-refractivity contribution < 1.29 is 4.79 Å². The first-order chi connectivity index (χ1) is 11.8. The van der Waals surface area contributed by atoms with E-state index >= 15 is 0 Å². The van der Waals surface area contributed by atoms with Crippen molar-refractivity contribution in [3.63, 3.8) is 0 Å². The molecule has 3 aromatic carbocycles. The summed E-state index contributed by atoms with van der Waals surface area (Å²) in [6, 6.07) is 23.3. The maximum Gasteiger partial charge on any atom is 0.158 e. The highest BCUT2D eigenvalue weighted by Crippen LogP contribution is 2.33. The highest BCUT2D eigenvalue weighted by molar-refractivity contribution is 6.03. The molecule has 0 aliphatic heterocycles. The van der Waals surface area contributed by atoms with Gasteiger partial charge in [0.1, 0.15) is 0 Å². The number of carbonyl (C=O) groups excluding carboxylic acids is 1. The number of carbonyl (C=O) groups is 1. The summed E-state index contributed by atoms with van der Waals surface area (Å²) in [5.74, 6) is 0.314. The van der Waals surface area contributed by atoms with E-state index in [1.165, 1.54) is 21.9 Å². The third kappa shape index (κ3) is 2.78. The number of allylic oxidation sites excluding steroid dienone is 1. The molecule has 1 fully saturated rings. The summed E-state index contributed by atoms with van der Waals surface area (Å²) in [6.45, 7) is 0. The second-order valence-corrected chi connectivity index (χ2v) is 6.41. The Hall–Kier alpha value is -2.67. The summed E-state index contributed by atoms with van der Waals surface area (Å²) in [7, 11) is 0. The van der Waals surface area contributed by atoms with Crippen LogP contribution in [0.25, 0.3) is 28.0 Å². The van der Waals surface area contributed by atoms with Gasteiger partial charge in [-0.3, -0.25) is 4.79 Å². The fraction of sp³-hybridized carbons (Fsp3) is 0.174. The first kappa shape index (κ1) is 14.9. The molecule has 0 atom stereocenters. The minimum absolute atomic E-state index is 0.314. The minimum Gasteiger partial charge on any atom is -0.295 e. The quantitative estimate of drug-likeness (QED) is 0.528. The molecule has 0 radical (unpaired) electrons. The Kier molecular flexibility index (Phi) is 4.00. The zero-order valence-corrected chi connectivity index (χ0v) is 13.7. The maximum atomic E-state index is 12.2. The molecule has 4 rings (SSSR count). The number of hydrogen-bond donors (Lipinski definition) is 0. The molecule has 1 aliphatic carbocycles. The summed E-state index contributed by atoms with van der Waals surface area (Å²) in [5.41, 5.74) is 4.54. The van der Waals surface area contributed by atoms with Crippen molar-refractivity contribution in [3.05, 3.63) is 77.9 Å². The van der Waals surface area contributed by atoms with Gasteiger partial charge in [0.25, 0.3) is 0 Å². The molecule has 118 valence electrons. The Morgan fingerprint density at radius 1 is 0.708 bits per heavy atom. The van der Waals surface area contributed by atoms with Crippen LogP contribution in [0.5, 0.6) is 0 Å². The molecule has 24 heavy (non-hydrogen) atoms. The molecule has 0 aromatic heterocycles. The molecular formula is C23H20O. The van der Waals surface area contributed by atoms with Crippen LogP contribution >= 0.6 is 0 Å². The molecule has 0 amide bonds. The van der Waals surface area contributed by atoms with Crippen LogP contribution in [0.4, 0.5) is 0 Å². The second kappa shape index (κ2) is 6.45. The van der Waals surface area contributed by atoms with Crippen LogP contribution in [0.2, 0.25) is 0 Å². The Labute approximate surface area is 142 Å². The van der Waals surface area contributed by atoms with E-state index in [4.69, 9.17) is 0 Å². The van der Waals surface area contributed by atoms with E-state index in [0.717, 1.165) is 30.4 Å². The van der Waals surface area contributed by atoms with Gasteiger partial charge in [-0.25, -0.2) is 0 Å². The fourth-order valence-corrected chi connectivity index (χ4v) is 3.57. The van der Waals surface area contributed by atoms with Gasteiger partial charge in [-0.1, -0.05) is 66.7 Å². The lowest BCUT2D eigenvalue weighted by molar-refractivity contribution is -0.116. The average Bonchev–Trinajstić information content (AvgIpc) is 2.64. The highest BCUT2D eigenvalue weighted by Gasteiger charge is 2.15. The first-order valence-electron chi connectivity index (χ1n) is 8.64. The fourth-order valence-electron chi connectivity index (χ4n) is 3.57. The van der Waals surface area contributed by atoms with E-state index < -0.39 is 0 Å². The lowest BCUT2D eigenvalue weighted by Crippen LogP contribution is -2.08. The molecule has 1 nitrogen and oxygen atoms in total. The lowest BCUT2D eigenvalue weighted by Gasteiger charge is -2.14. The minimum atomic E-state index is 0.314. The number of ketones is 1. The monoisotopic (exact) mass is 312 g/mol. The zero-order chi connectivity index (χ0) is 16.4. The standard InChI is InChI=1S/C23H20O/c24-23-15-6-3-10-19(23)16-18-9-2-5-13-21(18)22-14-7-11-17-8-1-4-12-20(17)22/h1-2,4-5,7-9,11-14,16H,3,6,10,15H2/b19-16+. The van der Waals surface area contributed by atoms with Gasteiger partial charge in [0.15, 0.2) is 5.78 Å². The van der Waals surface area contributed by atoms with Crippen molar-refractivity contribution in [2.75, 3.05) is 0 Å². The molecule has 0 spiro atoms. The van der Waals surface area contributed by atoms with E-state index in [-0.39, 0.29) is 0 Å². The Morgan fingerprint density at radius 2 is 1.42 bits per heavy atom. The molecule has 1 heteroatoms. The first-order valence-corrected chi connectivity index (χ1v) is 8.64. The van der Waals surface area contributed by atoms with E-state index in [1.807, 2.05) is 6.07 Å². The van der Waals surface area contributed by atoms with Crippen molar-refractivity contribution >= 4 is 22.6 Å². The Morgan fingerprint density at radius 3 is 2.33 bits per heavy atom. The van der Waals surface area contributed by atoms with E-state index in [1.54, 1.807) is 0 Å². The topological polar surface area (TPSA) is 17.1 Å². The van der Waals surface area contributed by atoms with E-state index in [0.29, 0.717) is 12.2 Å². The molecule has 1 aliphatic rings. The normalized spacial score (nSPS) is 16.7. The van der Waals surface area contributed by atoms with Gasteiger partial charge < -0.3 is 0 Å². The van der Waals surface area contributed by atoms with Gasteiger partial charge in [-0.05, 0) is 58.4 Å². The van der Waals surface area contributed by atoms with Crippen molar-refractivity contribution in [1.82, 2.24) is 0 Å². The summed E-state index contributed by atoms with van der Waals surface area (Å²) >= 11 is 0. The Bertz CT molecular complexity index is 928. The number of fused-ring (bicyclic) bond motifs is 1. The summed E-state index contributed by atoms with van der Waals surface area (Å²) in [6.07, 6.45) is 5.86. The molecule has 1 saturated carbocycles. The number of rotatable bonds is 2. The van der Waals surface area contributed by atoms with Gasteiger partial charge in [0.05, 0.1) is 0 Å². The number of Topliss-reactive ketones (excluding diaryl/α,β-unsaturated/α-hetero) is 1. The van der Waals surface area contributed by atoms with Gasteiger partial charge in [0.2, 0.25) is 0 Å². The van der Waals surface area contributed by atoms with Crippen molar-refractivity contribution in [2.24, 2.45) is 0 Å². The van der Waals surface area contributed by atoms with Crippen molar-refractivity contribution in [3.8, 4) is 11.1 Å². The van der Waals surface area contributed by atoms with Crippen LogP contribution in [0, 0.1) is 0 Å². The largest absolute Gasteiger partial charge is 0.295 e. The zero-order valence-electron chi connectivity index (χ0n) is 13.7. The number of hydrogen-bond acceptors (Lipinski definition) is 1. The summed E-state index contributed by atoms with van der Waals surface area (Å²) in [4.78, 5) is 12.2. The van der Waals surface area contributed by atoms with Crippen molar-refractivity contribution in [1.29, 1.82) is 0 Å². The highest BCUT2D eigenvalue weighted by atomic mass is 16.1. The van der Waals surface area contributed by atoms with Crippen LogP contribution in [0.1, 0.15) is 31.2 Å². The van der Waals surface area contributed by atoms with E-state index in [2.05, 4.69) is 66.7 Å². The van der Waals surface area contributed by atoms with Crippen LogP contribution in [0.15, 0.2) is 72.3 Å². The van der Waals surface area contributed by atoms with Gasteiger partial charge in [0, 0.05) is 6.42 Å². The summed E-state index contributed by atoms with van der Waals surface area (Å²) < 4.78 is 0. The predicted molar refractivity (Wildman–Crippen MR) is 101 cm³/mol. The molecule has 0 N–H and O–H groups in total. The SMILES string of the molecule is O=C1CCCC/C1=C\c1ccccc1-c1cccc2ccccc12. The maximum absolute atomic E-state index is 12.2. The van der Waals surface area contributed by atoms with Crippen LogP contribution in [0.3, 0.4) is 0 Å².